The zero-order valence-corrected chi connectivity index (χ0v) is 15.5. The van der Waals surface area contributed by atoms with Gasteiger partial charge >= 0.3 is 6.18 Å². The van der Waals surface area contributed by atoms with Crippen LogP contribution < -0.4 is 14.8 Å². The van der Waals surface area contributed by atoms with Crippen molar-refractivity contribution in [3.8, 4) is 11.5 Å². The van der Waals surface area contributed by atoms with Crippen molar-refractivity contribution < 1.29 is 27.4 Å². The number of carbonyl (C=O) groups excluding carboxylic acids is 1. The molecule has 1 amide bonds. The molecule has 0 radical (unpaired) electrons. The van der Waals surface area contributed by atoms with Crippen LogP contribution in [-0.2, 0) is 17.5 Å². The first-order chi connectivity index (χ1) is 13.2. The summed E-state index contributed by atoms with van der Waals surface area (Å²) in [5, 5.41) is 2.64. The van der Waals surface area contributed by atoms with Crippen LogP contribution in [0.2, 0.25) is 0 Å². The zero-order valence-electron chi connectivity index (χ0n) is 15.5. The number of carbonyl (C=O) groups is 1. The first-order valence-electron chi connectivity index (χ1n) is 8.81. The van der Waals surface area contributed by atoms with Gasteiger partial charge in [0.1, 0.15) is 13.2 Å². The molecule has 0 aliphatic carbocycles. The topological polar surface area (TPSA) is 50.8 Å². The third-order valence-corrected chi connectivity index (χ3v) is 4.56. The number of fused-ring (bicyclic) bond motifs is 1. The Morgan fingerprint density at radius 2 is 1.75 bits per heavy atom. The van der Waals surface area contributed by atoms with Crippen molar-refractivity contribution in [2.24, 2.45) is 0 Å². The van der Waals surface area contributed by atoms with E-state index in [1.807, 2.05) is 23.1 Å². The molecule has 0 saturated carbocycles. The summed E-state index contributed by atoms with van der Waals surface area (Å²) in [6, 6.07) is 9.51. The average Bonchev–Trinajstić information content (AvgIpc) is 2.67. The van der Waals surface area contributed by atoms with Crippen molar-refractivity contribution in [3.05, 3.63) is 53.6 Å². The molecule has 3 rings (SSSR count). The molecule has 28 heavy (non-hydrogen) atoms. The van der Waals surface area contributed by atoms with Crippen LogP contribution in [0.4, 0.5) is 18.9 Å². The number of halogens is 3. The van der Waals surface area contributed by atoms with Crippen molar-refractivity contribution in [1.29, 1.82) is 0 Å². The lowest BCUT2D eigenvalue weighted by molar-refractivity contribution is -0.137. The fourth-order valence-electron chi connectivity index (χ4n) is 2.80. The van der Waals surface area contributed by atoms with Gasteiger partial charge in [-0.15, -0.1) is 0 Å². The van der Waals surface area contributed by atoms with Gasteiger partial charge in [0.05, 0.1) is 11.6 Å². The molecule has 1 N–H and O–H groups in total. The quantitative estimate of drug-likeness (QED) is 0.835. The molecule has 150 valence electrons. The highest BCUT2D eigenvalue weighted by molar-refractivity contribution is 5.94. The van der Waals surface area contributed by atoms with Gasteiger partial charge in [0.2, 0.25) is 5.91 Å². The standard InChI is InChI=1S/C20H21F3N2O3/c1-13(19(26)24-16-6-4-15(5-7-16)20(21,22)23)25(2)12-14-3-8-17-18(11-14)28-10-9-27-17/h3-8,11,13H,9-10,12H2,1-2H3,(H,24,26)/t13-/m0/s1. The molecule has 0 spiro atoms. The number of hydrogen-bond donors (Lipinski definition) is 1. The largest absolute Gasteiger partial charge is 0.486 e. The predicted octanol–water partition coefficient (Wildman–Crippen LogP) is 3.94. The number of alkyl halides is 3. The number of anilines is 1. The lowest BCUT2D eigenvalue weighted by Gasteiger charge is -2.25. The Kier molecular flexibility index (Phi) is 5.79. The molecule has 1 aliphatic heterocycles. The SMILES string of the molecule is C[C@@H](C(=O)Nc1ccc(C(F)(F)F)cc1)N(C)Cc1ccc2c(c1)OCCO2. The van der Waals surface area contributed by atoms with E-state index in [2.05, 4.69) is 5.32 Å². The van der Waals surface area contributed by atoms with Gasteiger partial charge in [-0.1, -0.05) is 6.07 Å². The molecule has 1 atom stereocenters. The monoisotopic (exact) mass is 394 g/mol. The smallest absolute Gasteiger partial charge is 0.416 e. The Morgan fingerprint density at radius 1 is 1.11 bits per heavy atom. The lowest BCUT2D eigenvalue weighted by atomic mass is 10.1. The van der Waals surface area contributed by atoms with Gasteiger partial charge in [-0.25, -0.2) is 0 Å². The molecular weight excluding hydrogens is 373 g/mol. The van der Waals surface area contributed by atoms with E-state index in [0.717, 1.165) is 17.7 Å². The van der Waals surface area contributed by atoms with Crippen molar-refractivity contribution in [1.82, 2.24) is 4.90 Å². The van der Waals surface area contributed by atoms with Crippen molar-refractivity contribution >= 4 is 11.6 Å². The van der Waals surface area contributed by atoms with E-state index in [4.69, 9.17) is 9.47 Å². The van der Waals surface area contributed by atoms with Crippen molar-refractivity contribution in [3.63, 3.8) is 0 Å². The Balaban J connectivity index is 1.59. The Morgan fingerprint density at radius 3 is 2.39 bits per heavy atom. The number of likely N-dealkylation sites (N-methyl/N-ethyl adjacent to an activating group) is 1. The minimum absolute atomic E-state index is 0.306. The summed E-state index contributed by atoms with van der Waals surface area (Å²) >= 11 is 0. The number of ether oxygens (including phenoxy) is 2. The highest BCUT2D eigenvalue weighted by atomic mass is 19.4. The molecule has 5 nitrogen and oxygen atoms in total. The van der Waals surface area contributed by atoms with E-state index in [1.165, 1.54) is 12.1 Å². The first kappa shape index (κ1) is 20.0. The second kappa shape index (κ2) is 8.10. The molecular formula is C20H21F3N2O3. The summed E-state index contributed by atoms with van der Waals surface area (Å²) < 4.78 is 48.9. The highest BCUT2D eigenvalue weighted by Crippen LogP contribution is 2.31. The normalized spacial score (nSPS) is 14.6. The number of nitrogens with one attached hydrogen (secondary N) is 1. The molecule has 2 aromatic rings. The number of rotatable bonds is 5. The van der Waals surface area contributed by atoms with E-state index in [0.29, 0.717) is 36.9 Å². The summed E-state index contributed by atoms with van der Waals surface area (Å²) in [6.45, 7) is 3.25. The van der Waals surface area contributed by atoms with Crippen molar-refractivity contribution in [2.45, 2.75) is 25.7 Å². The van der Waals surface area contributed by atoms with Gasteiger partial charge in [-0.05, 0) is 55.9 Å². The minimum Gasteiger partial charge on any atom is -0.486 e. The minimum atomic E-state index is -4.40. The Labute approximate surface area is 161 Å². The average molecular weight is 394 g/mol. The van der Waals surface area contributed by atoms with Crippen LogP contribution in [0.3, 0.4) is 0 Å². The molecule has 0 fully saturated rings. The lowest BCUT2D eigenvalue weighted by Crippen LogP contribution is -2.39. The maximum Gasteiger partial charge on any atom is 0.416 e. The van der Waals surface area contributed by atoms with E-state index in [1.54, 1.807) is 14.0 Å². The molecule has 0 bridgehead atoms. The molecule has 0 aromatic heterocycles. The van der Waals surface area contributed by atoms with Crippen molar-refractivity contribution in [2.75, 3.05) is 25.6 Å². The predicted molar refractivity (Wildman–Crippen MR) is 98.4 cm³/mol. The molecule has 0 saturated heterocycles. The van der Waals surface area contributed by atoms with E-state index >= 15 is 0 Å². The third kappa shape index (κ3) is 4.75. The molecule has 1 heterocycles. The van der Waals surface area contributed by atoms with Gasteiger partial charge in [-0.3, -0.25) is 9.69 Å². The highest BCUT2D eigenvalue weighted by Gasteiger charge is 2.30. The van der Waals surface area contributed by atoms with Crippen LogP contribution in [-0.4, -0.2) is 37.1 Å². The third-order valence-electron chi connectivity index (χ3n) is 4.56. The van der Waals surface area contributed by atoms with Crippen LogP contribution in [0.15, 0.2) is 42.5 Å². The van der Waals surface area contributed by atoms with Crippen LogP contribution in [0.25, 0.3) is 0 Å². The first-order valence-corrected chi connectivity index (χ1v) is 8.81. The van der Waals surface area contributed by atoms with Gasteiger partial charge in [-0.2, -0.15) is 13.2 Å². The Hall–Kier alpha value is -2.74. The van der Waals surface area contributed by atoms with Gasteiger partial charge < -0.3 is 14.8 Å². The van der Waals surface area contributed by atoms with Gasteiger partial charge in [0.25, 0.3) is 0 Å². The summed E-state index contributed by atoms with van der Waals surface area (Å²) in [5.41, 5.74) is 0.521. The summed E-state index contributed by atoms with van der Waals surface area (Å²) in [5.74, 6) is 1.07. The number of benzene rings is 2. The molecule has 8 heteroatoms. The fourth-order valence-corrected chi connectivity index (χ4v) is 2.80. The van der Waals surface area contributed by atoms with Crippen LogP contribution in [0.1, 0.15) is 18.1 Å². The molecule has 2 aromatic carbocycles. The maximum atomic E-state index is 12.6. The number of nitrogens with zero attached hydrogens (tertiary/aromatic N) is 1. The summed E-state index contributed by atoms with van der Waals surface area (Å²) in [4.78, 5) is 14.3. The second-order valence-corrected chi connectivity index (χ2v) is 6.63. The van der Waals surface area contributed by atoms with Gasteiger partial charge in [0, 0.05) is 12.2 Å². The van der Waals surface area contributed by atoms with Crippen LogP contribution in [0.5, 0.6) is 11.5 Å². The zero-order chi connectivity index (χ0) is 20.3. The maximum absolute atomic E-state index is 12.6. The Bertz CT molecular complexity index is 838. The summed E-state index contributed by atoms with van der Waals surface area (Å²) in [6.07, 6.45) is -4.40. The molecule has 1 aliphatic rings. The summed E-state index contributed by atoms with van der Waals surface area (Å²) in [7, 11) is 1.80. The molecule has 0 unspecified atom stereocenters. The van der Waals surface area contributed by atoms with E-state index < -0.39 is 17.8 Å². The fraction of sp³-hybridized carbons (Fsp3) is 0.350. The van der Waals surface area contributed by atoms with E-state index in [9.17, 15) is 18.0 Å². The van der Waals surface area contributed by atoms with Crippen LogP contribution >= 0.6 is 0 Å². The van der Waals surface area contributed by atoms with E-state index in [-0.39, 0.29) is 5.91 Å². The van der Waals surface area contributed by atoms with Gasteiger partial charge in [0.15, 0.2) is 11.5 Å². The second-order valence-electron chi connectivity index (χ2n) is 6.63. The van der Waals surface area contributed by atoms with Crippen LogP contribution in [0, 0.1) is 0 Å². The number of hydrogen-bond acceptors (Lipinski definition) is 4. The number of amides is 1.